The molecule has 2 heterocycles. The van der Waals surface area contributed by atoms with E-state index < -0.39 is 0 Å². The summed E-state index contributed by atoms with van der Waals surface area (Å²) in [6, 6.07) is 7.17. The summed E-state index contributed by atoms with van der Waals surface area (Å²) in [6.07, 6.45) is 1.60. The first kappa shape index (κ1) is 21.3. The van der Waals surface area contributed by atoms with E-state index in [1.165, 1.54) is 0 Å². The van der Waals surface area contributed by atoms with Crippen molar-refractivity contribution in [2.24, 2.45) is 5.92 Å². The third-order valence-electron chi connectivity index (χ3n) is 4.88. The van der Waals surface area contributed by atoms with Gasteiger partial charge >= 0.3 is 0 Å². The molecule has 1 aromatic carbocycles. The number of aromatic nitrogens is 1. The standard InChI is InChI=1S/C21H28N4O3S/c1-3-28-19-6-4-17(5-7-19)24-20(26)12-22-21(27)16-8-10-25(11-9-16)13-18-14-29-15(2)23-18/h4-7,14,16H,3,8-13H2,1-2H3,(H,22,27)(H,24,26). The van der Waals surface area contributed by atoms with Crippen LogP contribution in [-0.4, -0.2) is 47.9 Å². The average Bonchev–Trinajstić information content (AvgIpc) is 3.13. The van der Waals surface area contributed by atoms with Crippen LogP contribution in [-0.2, 0) is 16.1 Å². The number of hydrogen-bond donors (Lipinski definition) is 2. The number of benzene rings is 1. The van der Waals surface area contributed by atoms with Gasteiger partial charge in [-0.05, 0) is 64.0 Å². The maximum Gasteiger partial charge on any atom is 0.243 e. The summed E-state index contributed by atoms with van der Waals surface area (Å²) in [6.45, 7) is 7.08. The van der Waals surface area contributed by atoms with Crippen molar-refractivity contribution in [1.29, 1.82) is 0 Å². The quantitative estimate of drug-likeness (QED) is 0.691. The summed E-state index contributed by atoms with van der Waals surface area (Å²) in [7, 11) is 0. The second kappa shape index (κ2) is 10.4. The Balaban J connectivity index is 1.36. The van der Waals surface area contributed by atoms with Gasteiger partial charge in [0.05, 0.1) is 23.9 Å². The van der Waals surface area contributed by atoms with Crippen LogP contribution in [0.5, 0.6) is 5.75 Å². The third kappa shape index (κ3) is 6.54. The van der Waals surface area contributed by atoms with Crippen LogP contribution in [0.15, 0.2) is 29.6 Å². The highest BCUT2D eigenvalue weighted by molar-refractivity contribution is 7.09. The van der Waals surface area contributed by atoms with Gasteiger partial charge in [-0.25, -0.2) is 4.98 Å². The highest BCUT2D eigenvalue weighted by Crippen LogP contribution is 2.20. The van der Waals surface area contributed by atoms with Crippen molar-refractivity contribution in [3.8, 4) is 5.75 Å². The molecular weight excluding hydrogens is 388 g/mol. The van der Waals surface area contributed by atoms with Gasteiger partial charge in [-0.3, -0.25) is 14.5 Å². The molecule has 0 radical (unpaired) electrons. The van der Waals surface area contributed by atoms with Crippen LogP contribution in [0.25, 0.3) is 0 Å². The predicted molar refractivity (Wildman–Crippen MR) is 114 cm³/mol. The molecule has 0 atom stereocenters. The third-order valence-corrected chi connectivity index (χ3v) is 5.71. The Labute approximate surface area is 175 Å². The zero-order valence-corrected chi connectivity index (χ0v) is 17.8. The molecule has 1 fully saturated rings. The topological polar surface area (TPSA) is 83.6 Å². The van der Waals surface area contributed by atoms with Gasteiger partial charge in [0, 0.05) is 23.5 Å². The van der Waals surface area contributed by atoms with E-state index in [2.05, 4.69) is 25.9 Å². The van der Waals surface area contributed by atoms with Crippen molar-refractivity contribution >= 4 is 28.8 Å². The summed E-state index contributed by atoms with van der Waals surface area (Å²) in [4.78, 5) is 31.3. The molecule has 0 aliphatic carbocycles. The molecule has 156 valence electrons. The van der Waals surface area contributed by atoms with Gasteiger partial charge in [0.25, 0.3) is 0 Å². The maximum absolute atomic E-state index is 12.4. The summed E-state index contributed by atoms with van der Waals surface area (Å²) in [5, 5.41) is 8.73. The number of ether oxygens (including phenoxy) is 1. The zero-order valence-electron chi connectivity index (χ0n) is 16.9. The van der Waals surface area contributed by atoms with Gasteiger partial charge in [0.2, 0.25) is 11.8 Å². The van der Waals surface area contributed by atoms with Crippen LogP contribution in [0.2, 0.25) is 0 Å². The van der Waals surface area contributed by atoms with Crippen molar-refractivity contribution in [2.75, 3.05) is 31.6 Å². The molecule has 1 saturated heterocycles. The van der Waals surface area contributed by atoms with E-state index in [9.17, 15) is 9.59 Å². The Morgan fingerprint density at radius 3 is 2.59 bits per heavy atom. The van der Waals surface area contributed by atoms with Crippen LogP contribution >= 0.6 is 11.3 Å². The molecule has 2 amide bonds. The molecule has 1 aliphatic rings. The average molecular weight is 417 g/mol. The minimum Gasteiger partial charge on any atom is -0.494 e. The minimum absolute atomic E-state index is 0.0235. The van der Waals surface area contributed by atoms with Gasteiger partial charge < -0.3 is 15.4 Å². The van der Waals surface area contributed by atoms with E-state index in [0.29, 0.717) is 12.3 Å². The molecule has 1 aromatic heterocycles. The first-order valence-corrected chi connectivity index (χ1v) is 10.8. The molecule has 0 unspecified atom stereocenters. The Kier molecular flexibility index (Phi) is 7.60. The normalized spacial score (nSPS) is 15.1. The van der Waals surface area contributed by atoms with E-state index in [0.717, 1.165) is 48.9 Å². The van der Waals surface area contributed by atoms with Crippen molar-refractivity contribution < 1.29 is 14.3 Å². The molecule has 8 heteroatoms. The molecule has 0 saturated carbocycles. The molecule has 29 heavy (non-hydrogen) atoms. The van der Waals surface area contributed by atoms with Crippen molar-refractivity contribution in [3.63, 3.8) is 0 Å². The first-order chi connectivity index (χ1) is 14.0. The maximum atomic E-state index is 12.4. The molecule has 3 rings (SSSR count). The fourth-order valence-electron chi connectivity index (χ4n) is 3.38. The molecule has 0 spiro atoms. The molecule has 0 bridgehead atoms. The Hall–Kier alpha value is -2.45. The highest BCUT2D eigenvalue weighted by atomic mass is 32.1. The number of carbonyl (C=O) groups is 2. The summed E-state index contributed by atoms with van der Waals surface area (Å²) < 4.78 is 5.38. The molecule has 1 aliphatic heterocycles. The van der Waals surface area contributed by atoms with Crippen LogP contribution in [0.4, 0.5) is 5.69 Å². The number of hydrogen-bond acceptors (Lipinski definition) is 6. The van der Waals surface area contributed by atoms with Gasteiger partial charge in [0.1, 0.15) is 5.75 Å². The lowest BCUT2D eigenvalue weighted by Crippen LogP contribution is -2.42. The number of rotatable bonds is 8. The fourth-order valence-corrected chi connectivity index (χ4v) is 3.99. The number of nitrogens with zero attached hydrogens (tertiary/aromatic N) is 2. The first-order valence-electron chi connectivity index (χ1n) is 9.97. The molecule has 7 nitrogen and oxygen atoms in total. The fraction of sp³-hybridized carbons (Fsp3) is 0.476. The highest BCUT2D eigenvalue weighted by Gasteiger charge is 2.25. The number of thiazole rings is 1. The lowest BCUT2D eigenvalue weighted by Gasteiger charge is -2.30. The number of amides is 2. The van der Waals surface area contributed by atoms with Crippen molar-refractivity contribution in [2.45, 2.75) is 33.2 Å². The second-order valence-corrected chi connectivity index (χ2v) is 8.19. The number of anilines is 1. The van der Waals surface area contributed by atoms with Crippen molar-refractivity contribution in [3.05, 3.63) is 40.3 Å². The Bertz CT molecular complexity index is 814. The summed E-state index contributed by atoms with van der Waals surface area (Å²) >= 11 is 1.66. The lowest BCUT2D eigenvalue weighted by molar-refractivity contribution is -0.128. The van der Waals surface area contributed by atoms with Crippen LogP contribution in [0.1, 0.15) is 30.5 Å². The largest absolute Gasteiger partial charge is 0.494 e. The van der Waals surface area contributed by atoms with E-state index >= 15 is 0 Å². The summed E-state index contributed by atoms with van der Waals surface area (Å²) in [5.74, 6) is 0.437. The zero-order chi connectivity index (χ0) is 20.6. The Morgan fingerprint density at radius 2 is 1.97 bits per heavy atom. The predicted octanol–water partition coefficient (Wildman–Crippen LogP) is 2.82. The summed E-state index contributed by atoms with van der Waals surface area (Å²) in [5.41, 5.74) is 1.78. The molecule has 2 N–H and O–H groups in total. The van der Waals surface area contributed by atoms with E-state index in [-0.39, 0.29) is 24.3 Å². The molecule has 2 aromatic rings. The van der Waals surface area contributed by atoms with Crippen LogP contribution in [0.3, 0.4) is 0 Å². The lowest BCUT2D eigenvalue weighted by atomic mass is 9.96. The van der Waals surface area contributed by atoms with E-state index in [4.69, 9.17) is 4.74 Å². The van der Waals surface area contributed by atoms with Crippen LogP contribution < -0.4 is 15.4 Å². The number of piperidine rings is 1. The number of carbonyl (C=O) groups excluding carboxylic acids is 2. The van der Waals surface area contributed by atoms with Gasteiger partial charge in [0.15, 0.2) is 0 Å². The van der Waals surface area contributed by atoms with E-state index in [1.807, 2.05) is 13.8 Å². The number of aryl methyl sites for hydroxylation is 1. The number of likely N-dealkylation sites (tertiary alicyclic amines) is 1. The van der Waals surface area contributed by atoms with Crippen molar-refractivity contribution in [1.82, 2.24) is 15.2 Å². The van der Waals surface area contributed by atoms with Gasteiger partial charge in [-0.15, -0.1) is 11.3 Å². The van der Waals surface area contributed by atoms with Gasteiger partial charge in [-0.2, -0.15) is 0 Å². The minimum atomic E-state index is -0.237. The SMILES string of the molecule is CCOc1ccc(NC(=O)CNC(=O)C2CCN(Cc3csc(C)n3)CC2)cc1. The number of nitrogens with one attached hydrogen (secondary N) is 2. The van der Waals surface area contributed by atoms with Crippen LogP contribution in [0, 0.1) is 12.8 Å². The monoisotopic (exact) mass is 416 g/mol. The van der Waals surface area contributed by atoms with E-state index in [1.54, 1.807) is 35.6 Å². The second-order valence-electron chi connectivity index (χ2n) is 7.13. The molecular formula is C21H28N4O3S. The smallest absolute Gasteiger partial charge is 0.243 e. The Morgan fingerprint density at radius 1 is 1.24 bits per heavy atom. The van der Waals surface area contributed by atoms with Gasteiger partial charge in [-0.1, -0.05) is 0 Å².